The summed E-state index contributed by atoms with van der Waals surface area (Å²) in [6, 6.07) is 12.0. The predicted molar refractivity (Wildman–Crippen MR) is 102 cm³/mol. The van der Waals surface area contributed by atoms with Crippen LogP contribution in [0.15, 0.2) is 41.4 Å². The number of rotatable bonds is 6. The van der Waals surface area contributed by atoms with Gasteiger partial charge in [-0.1, -0.05) is 12.1 Å². The quantitative estimate of drug-likeness (QED) is 0.614. The Labute approximate surface area is 156 Å². The number of aliphatic imine (C=N–C) groups is 1. The van der Waals surface area contributed by atoms with E-state index >= 15 is 0 Å². The van der Waals surface area contributed by atoms with Gasteiger partial charge in [0.15, 0.2) is 11.6 Å². The Hall–Kier alpha value is -2.85. The summed E-state index contributed by atoms with van der Waals surface area (Å²) in [6.45, 7) is 0.253. The maximum Gasteiger partial charge on any atom is 0.174 e. The van der Waals surface area contributed by atoms with E-state index in [0.717, 1.165) is 5.56 Å². The van der Waals surface area contributed by atoms with Crippen molar-refractivity contribution in [2.75, 3.05) is 20.5 Å². The fourth-order valence-electron chi connectivity index (χ4n) is 2.24. The van der Waals surface area contributed by atoms with E-state index < -0.39 is 5.82 Å². The van der Waals surface area contributed by atoms with Gasteiger partial charge in [-0.2, -0.15) is 5.26 Å². The molecule has 1 N–H and O–H groups in total. The normalized spacial score (nSPS) is 11.0. The molecule has 0 atom stereocenters. The number of benzene rings is 2. The highest BCUT2D eigenvalue weighted by Gasteiger charge is 2.19. The van der Waals surface area contributed by atoms with E-state index in [0.29, 0.717) is 11.3 Å². The van der Waals surface area contributed by atoms with Gasteiger partial charge in [0, 0.05) is 11.6 Å². The number of hydrogen-bond acceptors (Lipinski definition) is 6. The van der Waals surface area contributed by atoms with Gasteiger partial charge < -0.3 is 9.47 Å². The molecule has 0 fully saturated rings. The second-order valence-corrected chi connectivity index (χ2v) is 6.01. The van der Waals surface area contributed by atoms with Crippen molar-refractivity contribution in [2.24, 2.45) is 4.99 Å². The minimum absolute atomic E-state index is 0.0272. The third-order valence-corrected chi connectivity index (χ3v) is 4.25. The van der Waals surface area contributed by atoms with Crippen LogP contribution in [-0.2, 0) is 6.54 Å². The first-order valence-electron chi connectivity index (χ1n) is 7.62. The first-order chi connectivity index (χ1) is 12.5. The molecule has 2 aromatic rings. The average molecular weight is 371 g/mol. The van der Waals surface area contributed by atoms with Gasteiger partial charge in [-0.15, -0.1) is 11.8 Å². The zero-order chi connectivity index (χ0) is 19.1. The van der Waals surface area contributed by atoms with Crippen LogP contribution in [0.3, 0.4) is 0 Å². The van der Waals surface area contributed by atoms with Crippen LogP contribution in [0.5, 0.6) is 11.5 Å². The summed E-state index contributed by atoms with van der Waals surface area (Å²) >= 11 is 1.17. The van der Waals surface area contributed by atoms with Gasteiger partial charge in [0.05, 0.1) is 38.1 Å². The van der Waals surface area contributed by atoms with Gasteiger partial charge in [-0.3, -0.25) is 10.4 Å². The van der Waals surface area contributed by atoms with Gasteiger partial charge in [0.1, 0.15) is 10.8 Å². The fourth-order valence-corrected chi connectivity index (χ4v) is 2.61. The van der Waals surface area contributed by atoms with E-state index in [2.05, 4.69) is 11.1 Å². The second-order valence-electron chi connectivity index (χ2n) is 5.20. The number of thioether (sulfide) groups is 1. The minimum Gasteiger partial charge on any atom is -0.497 e. The predicted octanol–water partition coefficient (Wildman–Crippen LogP) is 4.04. The number of nitriles is 1. The molecular weight excluding hydrogens is 353 g/mol. The molecule has 0 unspecified atom stereocenters. The molecule has 0 aromatic heterocycles. The topological polar surface area (TPSA) is 78.5 Å². The minimum atomic E-state index is -0.592. The molecule has 0 saturated carbocycles. The van der Waals surface area contributed by atoms with Crippen LogP contribution in [0, 0.1) is 22.6 Å². The first-order valence-corrected chi connectivity index (χ1v) is 8.84. The lowest BCUT2D eigenvalue weighted by molar-refractivity contribution is 0.373. The Kier molecular flexibility index (Phi) is 6.75. The highest BCUT2D eigenvalue weighted by Crippen LogP contribution is 2.29. The lowest BCUT2D eigenvalue weighted by atomic mass is 10.1. The van der Waals surface area contributed by atoms with E-state index in [9.17, 15) is 4.39 Å². The molecule has 0 bridgehead atoms. The van der Waals surface area contributed by atoms with Crippen LogP contribution >= 0.6 is 11.8 Å². The van der Waals surface area contributed by atoms with E-state index in [1.165, 1.54) is 38.1 Å². The highest BCUT2D eigenvalue weighted by molar-refractivity contribution is 8.15. The SMILES string of the molecule is COc1cc(OC)c(F)c(C(=NCc2ccc(C#N)cc2)C(=N)SC)c1. The van der Waals surface area contributed by atoms with Gasteiger partial charge in [0.25, 0.3) is 0 Å². The molecule has 5 nitrogen and oxygen atoms in total. The smallest absolute Gasteiger partial charge is 0.174 e. The Balaban J connectivity index is 2.47. The van der Waals surface area contributed by atoms with Gasteiger partial charge in [-0.25, -0.2) is 4.39 Å². The van der Waals surface area contributed by atoms with Crippen molar-refractivity contribution in [3.8, 4) is 17.6 Å². The molecule has 134 valence electrons. The monoisotopic (exact) mass is 371 g/mol. The summed E-state index contributed by atoms with van der Waals surface area (Å²) in [6.07, 6.45) is 1.73. The molecule has 0 aliphatic rings. The molecule has 0 aliphatic carbocycles. The molecule has 0 saturated heterocycles. The first kappa shape index (κ1) is 19.5. The van der Waals surface area contributed by atoms with E-state index in [1.807, 2.05) is 0 Å². The van der Waals surface area contributed by atoms with Gasteiger partial charge in [-0.05, 0) is 30.0 Å². The largest absolute Gasteiger partial charge is 0.497 e. The van der Waals surface area contributed by atoms with Crippen LogP contribution in [-0.4, -0.2) is 31.2 Å². The Morgan fingerprint density at radius 3 is 2.46 bits per heavy atom. The van der Waals surface area contributed by atoms with Crippen molar-refractivity contribution >= 4 is 22.5 Å². The Bertz CT molecular complexity index is 874. The number of hydrogen-bond donors (Lipinski definition) is 1. The molecule has 0 amide bonds. The molecule has 2 rings (SSSR count). The van der Waals surface area contributed by atoms with E-state index in [1.54, 1.807) is 30.5 Å². The number of nitrogens with zero attached hydrogens (tertiary/aromatic N) is 2. The van der Waals surface area contributed by atoms with Crippen molar-refractivity contribution in [3.63, 3.8) is 0 Å². The van der Waals surface area contributed by atoms with Gasteiger partial charge >= 0.3 is 0 Å². The standard InChI is InChI=1S/C19H18FN3O2S/c1-24-14-8-15(17(20)16(9-14)25-2)18(19(22)26-3)23-11-13-6-4-12(10-21)5-7-13/h4-9,22H,11H2,1-3H3. The van der Waals surface area contributed by atoms with Crippen molar-refractivity contribution in [1.29, 1.82) is 10.7 Å². The Morgan fingerprint density at radius 2 is 1.92 bits per heavy atom. The van der Waals surface area contributed by atoms with Crippen molar-refractivity contribution in [2.45, 2.75) is 6.54 Å². The van der Waals surface area contributed by atoms with Crippen LogP contribution in [0.1, 0.15) is 16.7 Å². The second kappa shape index (κ2) is 9.02. The molecule has 7 heteroatoms. The fraction of sp³-hybridized carbons (Fsp3) is 0.211. The lowest BCUT2D eigenvalue weighted by Crippen LogP contribution is -2.14. The average Bonchev–Trinajstić information content (AvgIpc) is 2.69. The summed E-state index contributed by atoms with van der Waals surface area (Å²) in [5.41, 5.74) is 1.77. The molecule has 0 heterocycles. The highest BCUT2D eigenvalue weighted by atomic mass is 32.2. The summed E-state index contributed by atoms with van der Waals surface area (Å²) in [5, 5.41) is 17.1. The van der Waals surface area contributed by atoms with Crippen molar-refractivity contribution in [1.82, 2.24) is 0 Å². The zero-order valence-electron chi connectivity index (χ0n) is 14.7. The summed E-state index contributed by atoms with van der Waals surface area (Å²) in [5.74, 6) is -0.150. The third-order valence-electron chi connectivity index (χ3n) is 3.65. The third kappa shape index (κ3) is 4.41. The maximum atomic E-state index is 14.8. The van der Waals surface area contributed by atoms with Crippen LogP contribution < -0.4 is 9.47 Å². The summed E-state index contributed by atoms with van der Waals surface area (Å²) in [7, 11) is 2.85. The molecule has 0 radical (unpaired) electrons. The number of methoxy groups -OCH3 is 2. The molecule has 0 spiro atoms. The van der Waals surface area contributed by atoms with Crippen LogP contribution in [0.2, 0.25) is 0 Å². The molecule has 0 aliphatic heterocycles. The van der Waals surface area contributed by atoms with Crippen molar-refractivity contribution < 1.29 is 13.9 Å². The van der Waals surface area contributed by atoms with E-state index in [-0.39, 0.29) is 28.6 Å². The molecule has 2 aromatic carbocycles. The van der Waals surface area contributed by atoms with Crippen LogP contribution in [0.4, 0.5) is 4.39 Å². The van der Waals surface area contributed by atoms with Crippen LogP contribution in [0.25, 0.3) is 0 Å². The summed E-state index contributed by atoms with van der Waals surface area (Å²) in [4.78, 5) is 4.44. The number of ether oxygens (including phenoxy) is 2. The lowest BCUT2D eigenvalue weighted by Gasteiger charge is -2.13. The number of halogens is 1. The zero-order valence-corrected chi connectivity index (χ0v) is 15.5. The molecule has 26 heavy (non-hydrogen) atoms. The Morgan fingerprint density at radius 1 is 1.23 bits per heavy atom. The van der Waals surface area contributed by atoms with E-state index in [4.69, 9.17) is 20.1 Å². The number of nitrogens with one attached hydrogen (secondary N) is 1. The summed E-state index contributed by atoms with van der Waals surface area (Å²) < 4.78 is 25.0. The maximum absolute atomic E-state index is 14.8. The molecular formula is C19H18FN3O2S. The van der Waals surface area contributed by atoms with Crippen molar-refractivity contribution in [3.05, 3.63) is 58.9 Å². The van der Waals surface area contributed by atoms with Gasteiger partial charge in [0.2, 0.25) is 0 Å².